The number of pyridine rings is 1. The summed E-state index contributed by atoms with van der Waals surface area (Å²) in [6.45, 7) is 4.12. The molecule has 1 aromatic carbocycles. The first kappa shape index (κ1) is 26.5. The zero-order chi connectivity index (χ0) is 28.6. The fourth-order valence-electron chi connectivity index (χ4n) is 5.99. The number of nitrogens with zero attached hydrogens (tertiary/aromatic N) is 7. The van der Waals surface area contributed by atoms with E-state index >= 15 is 0 Å². The van der Waals surface area contributed by atoms with Gasteiger partial charge in [0, 0.05) is 42.6 Å². The first-order chi connectivity index (χ1) is 20.5. The molecule has 2 aliphatic rings. The minimum absolute atomic E-state index is 0.137. The molecular weight excluding hydrogens is 530 g/mol. The number of carbonyl (C=O) groups is 1. The Morgan fingerprint density at radius 1 is 0.952 bits per heavy atom. The molecule has 0 atom stereocenters. The molecule has 0 bridgehead atoms. The van der Waals surface area contributed by atoms with E-state index in [1.54, 1.807) is 18.7 Å². The molecule has 1 amide bonds. The van der Waals surface area contributed by atoms with E-state index in [9.17, 15) is 4.79 Å². The topological polar surface area (TPSA) is 117 Å². The predicted molar refractivity (Wildman–Crippen MR) is 162 cm³/mol. The molecule has 7 rings (SSSR count). The van der Waals surface area contributed by atoms with Crippen molar-refractivity contribution in [3.8, 4) is 17.0 Å². The van der Waals surface area contributed by atoms with Gasteiger partial charge < -0.3 is 24.8 Å². The van der Waals surface area contributed by atoms with E-state index in [2.05, 4.69) is 60.3 Å². The minimum Gasteiger partial charge on any atom is -0.474 e. The highest BCUT2D eigenvalue weighted by Gasteiger charge is 2.21. The summed E-state index contributed by atoms with van der Waals surface area (Å²) in [5.74, 6) is 0.385. The predicted octanol–water partition coefficient (Wildman–Crippen LogP) is 4.36. The molecule has 216 valence electrons. The highest BCUT2D eigenvalue weighted by atomic mass is 16.5. The second-order valence-electron chi connectivity index (χ2n) is 11.6. The van der Waals surface area contributed by atoms with Gasteiger partial charge in [-0.05, 0) is 76.6 Å². The molecule has 42 heavy (non-hydrogen) atoms. The lowest BCUT2D eigenvalue weighted by molar-refractivity contribution is 0.102. The molecule has 5 aromatic rings. The fourth-order valence-corrected chi connectivity index (χ4v) is 5.99. The number of ether oxygens (including phenoxy) is 1. The van der Waals surface area contributed by atoms with E-state index in [1.807, 2.05) is 35.3 Å². The number of hydrogen-bond donors (Lipinski definition) is 2. The summed E-state index contributed by atoms with van der Waals surface area (Å²) < 4.78 is 8.34. The van der Waals surface area contributed by atoms with Crippen molar-refractivity contribution in [2.45, 2.75) is 37.8 Å². The summed E-state index contributed by atoms with van der Waals surface area (Å²) in [5, 5.41) is 9.24. The maximum Gasteiger partial charge on any atom is 0.257 e. The van der Waals surface area contributed by atoms with Crippen LogP contribution in [-0.2, 0) is 0 Å². The monoisotopic (exact) mass is 565 g/mol. The summed E-state index contributed by atoms with van der Waals surface area (Å²) in [6.07, 6.45) is 12.9. The second kappa shape index (κ2) is 11.1. The number of anilines is 1. The molecule has 4 aromatic heterocycles. The molecule has 11 nitrogen and oxygen atoms in total. The number of aromatic amines is 1. The van der Waals surface area contributed by atoms with E-state index in [4.69, 9.17) is 4.74 Å². The number of benzene rings is 1. The first-order valence-corrected chi connectivity index (χ1v) is 14.6. The number of hydrogen-bond acceptors (Lipinski definition) is 8. The van der Waals surface area contributed by atoms with Crippen molar-refractivity contribution in [3.05, 3.63) is 60.9 Å². The molecule has 0 spiro atoms. The average Bonchev–Trinajstić information content (AvgIpc) is 3.66. The molecule has 6 heterocycles. The van der Waals surface area contributed by atoms with Crippen molar-refractivity contribution in [1.82, 2.24) is 39.5 Å². The zero-order valence-corrected chi connectivity index (χ0v) is 24.0. The Hall–Kier alpha value is -4.35. The van der Waals surface area contributed by atoms with Crippen LogP contribution in [0, 0.1) is 0 Å². The summed E-state index contributed by atoms with van der Waals surface area (Å²) in [4.78, 5) is 34.6. The number of amides is 1. The maximum atomic E-state index is 13.2. The van der Waals surface area contributed by atoms with E-state index in [0.29, 0.717) is 28.8 Å². The van der Waals surface area contributed by atoms with Gasteiger partial charge >= 0.3 is 0 Å². The molecule has 0 saturated carbocycles. The number of H-pyrrole nitrogens is 1. The molecule has 2 N–H and O–H groups in total. The number of carbonyl (C=O) groups excluding carboxylic acids is 1. The van der Waals surface area contributed by atoms with Crippen molar-refractivity contribution < 1.29 is 9.53 Å². The molecule has 2 fully saturated rings. The van der Waals surface area contributed by atoms with Crippen LogP contribution in [0.2, 0.25) is 0 Å². The Morgan fingerprint density at radius 2 is 1.74 bits per heavy atom. The van der Waals surface area contributed by atoms with Gasteiger partial charge in [-0.1, -0.05) is 6.07 Å². The second-order valence-corrected chi connectivity index (χ2v) is 11.6. The lowest BCUT2D eigenvalue weighted by Gasteiger charge is -2.29. The molecule has 0 aliphatic carbocycles. The highest BCUT2D eigenvalue weighted by molar-refractivity contribution is 6.07. The van der Waals surface area contributed by atoms with Crippen LogP contribution in [0.3, 0.4) is 0 Å². The Bertz CT molecular complexity index is 1730. The van der Waals surface area contributed by atoms with Gasteiger partial charge in [-0.2, -0.15) is 5.10 Å². The largest absolute Gasteiger partial charge is 0.474 e. The Labute approximate surface area is 243 Å². The third-order valence-corrected chi connectivity index (χ3v) is 8.57. The van der Waals surface area contributed by atoms with Gasteiger partial charge in [-0.3, -0.25) is 9.48 Å². The standard InChI is InChI=1S/C31H35N9O2/c1-38-9-5-23(6-10-38)40-18-22(16-36-40)37-30(41)21-14-25-27(17-33-29(25)32-15-21)20-3-4-28-26(13-20)31(35-19-34-28)42-24-7-11-39(2)12-8-24/h3-4,13-19,23-24H,5-12H2,1-2H3,(H,32,33)(H,37,41). The van der Waals surface area contributed by atoms with Crippen LogP contribution in [0.1, 0.15) is 42.1 Å². The van der Waals surface area contributed by atoms with Crippen LogP contribution < -0.4 is 10.1 Å². The molecular formula is C31H35N9O2. The number of aromatic nitrogens is 6. The van der Waals surface area contributed by atoms with Crippen LogP contribution in [0.25, 0.3) is 33.1 Å². The summed E-state index contributed by atoms with van der Waals surface area (Å²) in [5.41, 5.74) is 4.61. The van der Waals surface area contributed by atoms with Crippen LogP contribution in [0.4, 0.5) is 5.69 Å². The fraction of sp³-hybridized carbons (Fsp3) is 0.387. The Morgan fingerprint density at radius 3 is 2.55 bits per heavy atom. The van der Waals surface area contributed by atoms with Gasteiger partial charge in [-0.25, -0.2) is 15.0 Å². The van der Waals surface area contributed by atoms with E-state index in [1.165, 1.54) is 0 Å². The van der Waals surface area contributed by atoms with Gasteiger partial charge in [0.2, 0.25) is 5.88 Å². The van der Waals surface area contributed by atoms with Crippen molar-refractivity contribution in [3.63, 3.8) is 0 Å². The lowest BCUT2D eigenvalue weighted by atomic mass is 10.0. The number of piperidine rings is 2. The van der Waals surface area contributed by atoms with Crippen molar-refractivity contribution in [1.29, 1.82) is 0 Å². The molecule has 0 unspecified atom stereocenters. The van der Waals surface area contributed by atoms with Crippen LogP contribution >= 0.6 is 0 Å². The minimum atomic E-state index is -0.222. The van der Waals surface area contributed by atoms with Gasteiger partial charge in [0.1, 0.15) is 18.1 Å². The van der Waals surface area contributed by atoms with Gasteiger partial charge in [0.15, 0.2) is 0 Å². The highest BCUT2D eigenvalue weighted by Crippen LogP contribution is 2.33. The molecule has 2 saturated heterocycles. The summed E-state index contributed by atoms with van der Waals surface area (Å²) >= 11 is 0. The van der Waals surface area contributed by atoms with Crippen molar-refractivity contribution >= 4 is 33.5 Å². The quantitative estimate of drug-likeness (QED) is 0.312. The van der Waals surface area contributed by atoms with Crippen LogP contribution in [-0.4, -0.2) is 91.8 Å². The number of nitrogens with one attached hydrogen (secondary N) is 2. The van der Waals surface area contributed by atoms with Crippen LogP contribution in [0.15, 0.2) is 55.4 Å². The Balaban J connectivity index is 1.13. The number of likely N-dealkylation sites (tertiary alicyclic amines) is 2. The number of fused-ring (bicyclic) bond motifs is 2. The zero-order valence-electron chi connectivity index (χ0n) is 24.0. The lowest BCUT2D eigenvalue weighted by Crippen LogP contribution is -2.35. The maximum absolute atomic E-state index is 13.2. The van der Waals surface area contributed by atoms with Gasteiger partial charge in [-0.15, -0.1) is 0 Å². The smallest absolute Gasteiger partial charge is 0.257 e. The van der Waals surface area contributed by atoms with Gasteiger partial charge in [0.05, 0.1) is 34.4 Å². The summed E-state index contributed by atoms with van der Waals surface area (Å²) in [6, 6.07) is 8.31. The van der Waals surface area contributed by atoms with E-state index in [-0.39, 0.29) is 12.0 Å². The SMILES string of the molecule is CN1CCC(Oc2ncnc3ccc(-c4c[nH]c5ncc(C(=O)Nc6cnn(C7CCN(C)CC7)c6)cc45)cc23)CC1. The van der Waals surface area contributed by atoms with Gasteiger partial charge in [0.25, 0.3) is 5.91 Å². The first-order valence-electron chi connectivity index (χ1n) is 14.6. The molecule has 0 radical (unpaired) electrons. The van der Waals surface area contributed by atoms with Crippen LogP contribution in [0.5, 0.6) is 5.88 Å². The van der Waals surface area contributed by atoms with Crippen molar-refractivity contribution in [2.75, 3.05) is 45.6 Å². The summed E-state index contributed by atoms with van der Waals surface area (Å²) in [7, 11) is 4.28. The van der Waals surface area contributed by atoms with Crippen molar-refractivity contribution in [2.24, 2.45) is 0 Å². The number of rotatable bonds is 6. The third kappa shape index (κ3) is 5.33. The normalized spacial score (nSPS) is 17.7. The molecule has 11 heteroatoms. The average molecular weight is 566 g/mol. The van der Waals surface area contributed by atoms with E-state index in [0.717, 1.165) is 79.3 Å². The van der Waals surface area contributed by atoms with E-state index < -0.39 is 0 Å². The molecule has 2 aliphatic heterocycles. The third-order valence-electron chi connectivity index (χ3n) is 8.57. The Kier molecular flexibility index (Phi) is 7.04.